The number of aliphatic hydroxyl groups is 1. The zero-order valence-corrected chi connectivity index (χ0v) is 24.7. The summed E-state index contributed by atoms with van der Waals surface area (Å²) in [5, 5.41) is 14.4. The maximum atomic E-state index is 14.8. The average molecular weight is 671 g/mol. The third-order valence-electron chi connectivity index (χ3n) is 7.35. The normalized spacial score (nSPS) is 14.4. The van der Waals surface area contributed by atoms with Crippen LogP contribution >= 0.6 is 0 Å². The fourth-order valence-electron chi connectivity index (χ4n) is 4.86. The Balaban J connectivity index is 1.31. The Bertz CT molecular complexity index is 1590. The Hall–Kier alpha value is -4.70. The molecule has 0 aromatic heterocycles. The molecule has 1 aliphatic heterocycles. The van der Waals surface area contributed by atoms with Gasteiger partial charge in [0.05, 0.1) is 17.9 Å². The molecule has 1 heterocycles. The molecule has 0 aliphatic carbocycles. The first-order valence-electron chi connectivity index (χ1n) is 14.1. The van der Waals surface area contributed by atoms with Crippen LogP contribution in [-0.2, 0) is 16.9 Å². The molecule has 252 valence electrons. The molecule has 0 unspecified atom stereocenters. The van der Waals surface area contributed by atoms with Crippen molar-refractivity contribution in [2.45, 2.75) is 31.4 Å². The van der Waals surface area contributed by atoms with E-state index < -0.39 is 47.2 Å². The van der Waals surface area contributed by atoms with Gasteiger partial charge in [0.1, 0.15) is 5.82 Å². The fourth-order valence-corrected chi connectivity index (χ4v) is 4.86. The zero-order valence-electron chi connectivity index (χ0n) is 24.7. The van der Waals surface area contributed by atoms with Crippen LogP contribution in [0, 0.1) is 5.82 Å². The number of halogens is 7. The fraction of sp³-hybridized carbons (Fsp3) is 0.323. The van der Waals surface area contributed by atoms with E-state index in [0.29, 0.717) is 30.8 Å². The second-order valence-corrected chi connectivity index (χ2v) is 10.5. The van der Waals surface area contributed by atoms with Crippen LogP contribution in [0.1, 0.15) is 38.8 Å². The number of hydrogen-bond acceptors (Lipinski definition) is 6. The molecule has 3 aromatic carbocycles. The number of hydrogen-bond donors (Lipinski definition) is 3. The summed E-state index contributed by atoms with van der Waals surface area (Å²) in [4.78, 5) is 40.6. The molecular formula is C31H29F7N4O5. The van der Waals surface area contributed by atoms with Gasteiger partial charge in [-0.1, -0.05) is 30.3 Å². The molecule has 0 bridgehead atoms. The van der Waals surface area contributed by atoms with Gasteiger partial charge >= 0.3 is 24.4 Å². The molecule has 0 atom stereocenters. The highest BCUT2D eigenvalue weighted by Crippen LogP contribution is 2.50. The zero-order chi connectivity index (χ0) is 34.6. The van der Waals surface area contributed by atoms with Gasteiger partial charge in [-0.05, 0) is 48.9 Å². The first-order valence-corrected chi connectivity index (χ1v) is 14.1. The van der Waals surface area contributed by atoms with E-state index >= 15 is 0 Å². The van der Waals surface area contributed by atoms with Crippen LogP contribution < -0.4 is 10.6 Å². The van der Waals surface area contributed by atoms with Crippen molar-refractivity contribution in [3.63, 3.8) is 0 Å². The van der Waals surface area contributed by atoms with Crippen molar-refractivity contribution >= 4 is 29.3 Å². The van der Waals surface area contributed by atoms with Crippen LogP contribution in [-0.4, -0.2) is 78.0 Å². The summed E-state index contributed by atoms with van der Waals surface area (Å²) < 4.78 is 98.6. The third-order valence-corrected chi connectivity index (χ3v) is 7.35. The molecule has 9 nitrogen and oxygen atoms in total. The van der Waals surface area contributed by atoms with E-state index in [4.69, 9.17) is 4.74 Å². The summed E-state index contributed by atoms with van der Waals surface area (Å²) in [6, 6.07) is 12.0. The molecule has 1 aliphatic rings. The van der Waals surface area contributed by atoms with Crippen molar-refractivity contribution in [2.24, 2.45) is 0 Å². The van der Waals surface area contributed by atoms with Crippen molar-refractivity contribution < 1.29 is 55.0 Å². The number of piperazine rings is 1. The second kappa shape index (κ2) is 14.0. The highest BCUT2D eigenvalue weighted by Gasteiger charge is 2.71. The van der Waals surface area contributed by atoms with Crippen molar-refractivity contribution in [1.29, 1.82) is 0 Å². The smallest absolute Gasteiger partial charge is 0.430 e. The lowest BCUT2D eigenvalue weighted by molar-refractivity contribution is -0.376. The number of carbonyl (C=O) groups excluding carboxylic acids is 3. The van der Waals surface area contributed by atoms with Gasteiger partial charge in [0.2, 0.25) is 0 Å². The van der Waals surface area contributed by atoms with Crippen molar-refractivity contribution in [3.05, 3.63) is 94.8 Å². The molecule has 0 spiro atoms. The summed E-state index contributed by atoms with van der Waals surface area (Å²) in [5.41, 5.74) is -5.70. The van der Waals surface area contributed by atoms with Gasteiger partial charge in [-0.25, -0.2) is 14.0 Å². The van der Waals surface area contributed by atoms with Gasteiger partial charge in [0.15, 0.2) is 0 Å². The Labute approximate surface area is 263 Å². The van der Waals surface area contributed by atoms with Gasteiger partial charge in [-0.15, -0.1) is 0 Å². The summed E-state index contributed by atoms with van der Waals surface area (Å²) in [6.45, 7) is 3.00. The summed E-state index contributed by atoms with van der Waals surface area (Å²) in [7, 11) is 0. The van der Waals surface area contributed by atoms with Crippen LogP contribution in [0.2, 0.25) is 0 Å². The topological polar surface area (TPSA) is 111 Å². The molecule has 3 amide bonds. The van der Waals surface area contributed by atoms with Crippen molar-refractivity contribution in [1.82, 2.24) is 9.80 Å². The van der Waals surface area contributed by atoms with Crippen LogP contribution in [0.25, 0.3) is 0 Å². The number of nitrogens with one attached hydrogen (secondary N) is 2. The maximum absolute atomic E-state index is 14.8. The van der Waals surface area contributed by atoms with Gasteiger partial charge in [0.25, 0.3) is 11.5 Å². The first-order chi connectivity index (χ1) is 22.0. The monoisotopic (exact) mass is 670 g/mol. The van der Waals surface area contributed by atoms with Gasteiger partial charge in [0, 0.05) is 49.5 Å². The van der Waals surface area contributed by atoms with Crippen LogP contribution in [0.4, 0.5) is 46.9 Å². The van der Waals surface area contributed by atoms with Crippen molar-refractivity contribution in [2.75, 3.05) is 43.4 Å². The van der Waals surface area contributed by atoms with E-state index in [-0.39, 0.29) is 48.7 Å². The molecular weight excluding hydrogens is 641 g/mol. The summed E-state index contributed by atoms with van der Waals surface area (Å²) >= 11 is 0. The number of esters is 1. The lowest BCUT2D eigenvalue weighted by Gasteiger charge is -2.35. The van der Waals surface area contributed by atoms with E-state index in [0.717, 1.165) is 18.2 Å². The van der Waals surface area contributed by atoms with E-state index in [1.54, 1.807) is 6.92 Å². The summed E-state index contributed by atoms with van der Waals surface area (Å²) in [6.07, 6.45) is -12.0. The van der Waals surface area contributed by atoms with Gasteiger partial charge in [-0.2, -0.15) is 26.3 Å². The predicted molar refractivity (Wildman–Crippen MR) is 155 cm³/mol. The highest BCUT2D eigenvalue weighted by atomic mass is 19.4. The average Bonchev–Trinajstić information content (AvgIpc) is 3.01. The number of rotatable bonds is 8. The van der Waals surface area contributed by atoms with E-state index in [2.05, 4.69) is 10.6 Å². The number of alkyl halides is 6. The lowest BCUT2D eigenvalue weighted by Crippen LogP contribution is -2.53. The van der Waals surface area contributed by atoms with Crippen molar-refractivity contribution in [3.8, 4) is 0 Å². The molecule has 0 saturated carbocycles. The minimum atomic E-state index is -5.98. The molecule has 1 saturated heterocycles. The largest absolute Gasteiger partial charge is 0.462 e. The Morgan fingerprint density at radius 1 is 0.830 bits per heavy atom. The number of urea groups is 1. The van der Waals surface area contributed by atoms with Crippen LogP contribution in [0.15, 0.2) is 66.7 Å². The quantitative estimate of drug-likeness (QED) is 0.203. The lowest BCUT2D eigenvalue weighted by atomic mass is 9.91. The standard InChI is InChI=1S/C31H29F7N4O5/c1-2-47-27(44)21-4-3-5-23(16-21)39-28(45)40-25-11-8-20(17-24(25)32)26(43)42-14-12-41(13-15-42)18-19-6-9-22(10-7-19)29(46,30(33,34)35)31(36,37)38/h3-11,16-17,46H,2,12-15,18H2,1H3,(H2,39,40,45). The minimum Gasteiger partial charge on any atom is -0.462 e. The van der Waals surface area contributed by atoms with Gasteiger partial charge < -0.3 is 25.4 Å². The van der Waals surface area contributed by atoms with E-state index in [1.807, 2.05) is 4.90 Å². The maximum Gasteiger partial charge on any atom is 0.430 e. The number of nitrogens with zero attached hydrogens (tertiary/aromatic N) is 2. The van der Waals surface area contributed by atoms with E-state index in [9.17, 15) is 50.2 Å². The number of benzene rings is 3. The third kappa shape index (κ3) is 8.00. The summed E-state index contributed by atoms with van der Waals surface area (Å²) in [5.74, 6) is -1.94. The number of ether oxygens (including phenoxy) is 1. The molecule has 47 heavy (non-hydrogen) atoms. The Morgan fingerprint density at radius 2 is 1.47 bits per heavy atom. The number of anilines is 2. The highest BCUT2D eigenvalue weighted by molar-refractivity contribution is 6.01. The first kappa shape index (κ1) is 35.2. The molecule has 16 heteroatoms. The molecule has 3 aromatic rings. The van der Waals surface area contributed by atoms with Gasteiger partial charge in [-0.3, -0.25) is 9.69 Å². The van der Waals surface area contributed by atoms with Crippen LogP contribution in [0.5, 0.6) is 0 Å². The number of carbonyl (C=O) groups is 3. The molecule has 3 N–H and O–H groups in total. The minimum absolute atomic E-state index is 0.0152. The number of amides is 3. The molecule has 0 radical (unpaired) electrons. The second-order valence-electron chi connectivity index (χ2n) is 10.5. The Morgan fingerprint density at radius 3 is 2.04 bits per heavy atom. The SMILES string of the molecule is CCOC(=O)c1cccc(NC(=O)Nc2ccc(C(=O)N3CCN(Cc4ccc(C(O)(C(F)(F)F)C(F)(F)F)cc4)CC3)cc2F)c1. The van der Waals surface area contributed by atoms with E-state index in [1.165, 1.54) is 41.3 Å². The Kier molecular flexibility index (Phi) is 10.4. The molecule has 4 rings (SSSR count). The predicted octanol–water partition coefficient (Wildman–Crippen LogP) is 5.92. The van der Waals surface area contributed by atoms with Crippen LogP contribution in [0.3, 0.4) is 0 Å². The molecule has 1 fully saturated rings.